The molecule has 6 heteroatoms. The molecule has 1 aromatic rings. The summed E-state index contributed by atoms with van der Waals surface area (Å²) in [6, 6.07) is 3.68. The van der Waals surface area contributed by atoms with E-state index in [1.54, 1.807) is 14.2 Å². The fraction of sp³-hybridized carbons (Fsp3) is 0.438. The molecule has 0 atom stereocenters. The maximum atomic E-state index is 12.2. The number of benzene rings is 1. The maximum Gasteiger partial charge on any atom is 0.163 e. The standard InChI is InChI=1S/C16H19N3O3/c1-21-15-9-11(7-8-18-19-17)13(10-16(15)22-2)12-5-3-4-6-14(12)20/h5,9-10H,3-4,6-8H2,1-2H3. The molecule has 1 aromatic carbocycles. The molecule has 0 fully saturated rings. The Hall–Kier alpha value is -2.46. The van der Waals surface area contributed by atoms with Crippen molar-refractivity contribution >= 4 is 11.4 Å². The lowest BCUT2D eigenvalue weighted by molar-refractivity contribution is -0.114. The van der Waals surface area contributed by atoms with E-state index in [-0.39, 0.29) is 5.78 Å². The minimum absolute atomic E-state index is 0.142. The van der Waals surface area contributed by atoms with Crippen molar-refractivity contribution in [2.24, 2.45) is 5.11 Å². The molecule has 0 heterocycles. The highest BCUT2D eigenvalue weighted by Gasteiger charge is 2.20. The summed E-state index contributed by atoms with van der Waals surface area (Å²) in [6.45, 7) is 0.334. The van der Waals surface area contributed by atoms with Crippen molar-refractivity contribution < 1.29 is 14.3 Å². The minimum atomic E-state index is 0.142. The van der Waals surface area contributed by atoms with Crippen LogP contribution in [-0.4, -0.2) is 26.5 Å². The van der Waals surface area contributed by atoms with Crippen LogP contribution in [0.15, 0.2) is 23.3 Å². The van der Waals surface area contributed by atoms with E-state index in [2.05, 4.69) is 10.0 Å². The molecule has 0 saturated carbocycles. The Balaban J connectivity index is 2.50. The third-order valence-electron chi connectivity index (χ3n) is 3.70. The topological polar surface area (TPSA) is 84.3 Å². The first kappa shape index (κ1) is 15.9. The highest BCUT2D eigenvalue weighted by Crippen LogP contribution is 2.36. The van der Waals surface area contributed by atoms with Crippen LogP contribution in [0.5, 0.6) is 11.5 Å². The first-order valence-corrected chi connectivity index (χ1v) is 7.20. The molecule has 0 spiro atoms. The van der Waals surface area contributed by atoms with Crippen LogP contribution in [0.2, 0.25) is 0 Å². The highest BCUT2D eigenvalue weighted by atomic mass is 16.5. The van der Waals surface area contributed by atoms with E-state index in [9.17, 15) is 4.79 Å². The molecular formula is C16H19N3O3. The predicted molar refractivity (Wildman–Crippen MR) is 84.1 cm³/mol. The van der Waals surface area contributed by atoms with Crippen LogP contribution in [0.1, 0.15) is 30.4 Å². The first-order valence-electron chi connectivity index (χ1n) is 7.20. The number of azide groups is 1. The van der Waals surface area contributed by atoms with Gasteiger partial charge in [0.1, 0.15) is 0 Å². The Morgan fingerprint density at radius 3 is 2.64 bits per heavy atom. The lowest BCUT2D eigenvalue weighted by atomic mass is 9.88. The summed E-state index contributed by atoms with van der Waals surface area (Å²) in [4.78, 5) is 15.0. The molecule has 0 aliphatic heterocycles. The number of rotatable bonds is 6. The van der Waals surface area contributed by atoms with Gasteiger partial charge in [-0.3, -0.25) is 4.79 Å². The van der Waals surface area contributed by atoms with Crippen LogP contribution in [0, 0.1) is 0 Å². The largest absolute Gasteiger partial charge is 0.493 e. The smallest absolute Gasteiger partial charge is 0.163 e. The van der Waals surface area contributed by atoms with E-state index in [0.29, 0.717) is 30.9 Å². The van der Waals surface area contributed by atoms with Gasteiger partial charge in [0.2, 0.25) is 0 Å². The molecule has 0 unspecified atom stereocenters. The number of carbonyl (C=O) groups excluding carboxylic acids is 1. The van der Waals surface area contributed by atoms with Crippen LogP contribution in [0.4, 0.5) is 0 Å². The summed E-state index contributed by atoms with van der Waals surface area (Å²) in [5, 5.41) is 3.57. The van der Waals surface area contributed by atoms with Crippen LogP contribution in [-0.2, 0) is 11.2 Å². The zero-order chi connectivity index (χ0) is 15.9. The third-order valence-corrected chi connectivity index (χ3v) is 3.70. The number of nitrogens with zero attached hydrogens (tertiary/aromatic N) is 3. The summed E-state index contributed by atoms with van der Waals surface area (Å²) < 4.78 is 10.7. The van der Waals surface area contributed by atoms with Crippen molar-refractivity contribution in [3.8, 4) is 11.5 Å². The van der Waals surface area contributed by atoms with Gasteiger partial charge in [0, 0.05) is 23.5 Å². The Morgan fingerprint density at radius 1 is 1.27 bits per heavy atom. The molecule has 0 N–H and O–H groups in total. The van der Waals surface area contributed by atoms with Gasteiger partial charge in [-0.05, 0) is 48.1 Å². The lowest BCUT2D eigenvalue weighted by Gasteiger charge is -2.18. The highest BCUT2D eigenvalue weighted by molar-refractivity contribution is 6.21. The maximum absolute atomic E-state index is 12.2. The van der Waals surface area contributed by atoms with Crippen molar-refractivity contribution in [2.45, 2.75) is 25.7 Å². The van der Waals surface area contributed by atoms with E-state index in [4.69, 9.17) is 15.0 Å². The molecule has 6 nitrogen and oxygen atoms in total. The van der Waals surface area contributed by atoms with E-state index in [0.717, 1.165) is 29.5 Å². The van der Waals surface area contributed by atoms with E-state index in [1.807, 2.05) is 18.2 Å². The fourth-order valence-electron chi connectivity index (χ4n) is 2.61. The third kappa shape index (κ3) is 3.40. The Kier molecular flexibility index (Phi) is 5.44. The summed E-state index contributed by atoms with van der Waals surface area (Å²) in [5.41, 5.74) is 10.9. The molecule has 0 saturated heterocycles. The molecule has 0 bridgehead atoms. The summed E-state index contributed by atoms with van der Waals surface area (Å²) in [7, 11) is 3.14. The average molecular weight is 301 g/mol. The number of hydrogen-bond donors (Lipinski definition) is 0. The molecule has 1 aliphatic carbocycles. The molecule has 22 heavy (non-hydrogen) atoms. The van der Waals surface area contributed by atoms with Crippen LogP contribution >= 0.6 is 0 Å². The number of ketones is 1. The Bertz CT molecular complexity index is 646. The lowest BCUT2D eigenvalue weighted by Crippen LogP contribution is -2.09. The van der Waals surface area contributed by atoms with Gasteiger partial charge in [0.25, 0.3) is 0 Å². The van der Waals surface area contributed by atoms with E-state index < -0.39 is 0 Å². The molecule has 0 aromatic heterocycles. The monoisotopic (exact) mass is 301 g/mol. The molecule has 0 radical (unpaired) electrons. The van der Waals surface area contributed by atoms with Gasteiger partial charge in [0.05, 0.1) is 14.2 Å². The van der Waals surface area contributed by atoms with Gasteiger partial charge in [-0.25, -0.2) is 0 Å². The Labute approximate surface area is 129 Å². The molecule has 2 rings (SSSR count). The Morgan fingerprint density at radius 2 is 2.00 bits per heavy atom. The summed E-state index contributed by atoms with van der Waals surface area (Å²) >= 11 is 0. The first-order chi connectivity index (χ1) is 10.7. The molecule has 116 valence electrons. The molecule has 1 aliphatic rings. The normalized spacial score (nSPS) is 14.1. The van der Waals surface area contributed by atoms with Crippen molar-refractivity contribution in [1.82, 2.24) is 0 Å². The fourth-order valence-corrected chi connectivity index (χ4v) is 2.61. The number of methoxy groups -OCH3 is 2. The second-order valence-corrected chi connectivity index (χ2v) is 5.00. The number of hydrogen-bond acceptors (Lipinski definition) is 4. The zero-order valence-corrected chi connectivity index (χ0v) is 12.8. The SMILES string of the molecule is COc1cc(CCN=[N+]=[N-])c(C2=CCCCC2=O)cc1OC. The molecular weight excluding hydrogens is 282 g/mol. The van der Waals surface area contributed by atoms with Crippen LogP contribution in [0.3, 0.4) is 0 Å². The predicted octanol–water partition coefficient (Wildman–Crippen LogP) is 3.69. The summed E-state index contributed by atoms with van der Waals surface area (Å²) in [6.07, 6.45) is 4.87. The van der Waals surface area contributed by atoms with Gasteiger partial charge in [0.15, 0.2) is 17.3 Å². The number of ether oxygens (including phenoxy) is 2. The van der Waals surface area contributed by atoms with Gasteiger partial charge in [-0.2, -0.15) is 0 Å². The number of allylic oxidation sites excluding steroid dienone is 2. The van der Waals surface area contributed by atoms with Crippen LogP contribution in [0.25, 0.3) is 16.0 Å². The van der Waals surface area contributed by atoms with E-state index in [1.165, 1.54) is 0 Å². The second kappa shape index (κ2) is 7.52. The van der Waals surface area contributed by atoms with Gasteiger partial charge < -0.3 is 9.47 Å². The van der Waals surface area contributed by atoms with Gasteiger partial charge >= 0.3 is 0 Å². The van der Waals surface area contributed by atoms with E-state index >= 15 is 0 Å². The molecule has 0 amide bonds. The summed E-state index contributed by atoms with van der Waals surface area (Å²) in [5.74, 6) is 1.33. The van der Waals surface area contributed by atoms with Crippen molar-refractivity contribution in [3.63, 3.8) is 0 Å². The number of carbonyl (C=O) groups is 1. The van der Waals surface area contributed by atoms with Gasteiger partial charge in [-0.15, -0.1) is 0 Å². The zero-order valence-electron chi connectivity index (χ0n) is 12.8. The number of Topliss-reactive ketones (excluding diaryl/α,β-unsaturated/α-hetero) is 1. The minimum Gasteiger partial charge on any atom is -0.493 e. The quantitative estimate of drug-likeness (QED) is 0.456. The van der Waals surface area contributed by atoms with Crippen molar-refractivity contribution in [3.05, 3.63) is 39.8 Å². The van der Waals surface area contributed by atoms with Crippen molar-refractivity contribution in [1.29, 1.82) is 0 Å². The van der Waals surface area contributed by atoms with Crippen molar-refractivity contribution in [2.75, 3.05) is 20.8 Å². The average Bonchev–Trinajstić information content (AvgIpc) is 2.55. The second-order valence-electron chi connectivity index (χ2n) is 5.00. The van der Waals surface area contributed by atoms with Crippen LogP contribution < -0.4 is 9.47 Å². The van der Waals surface area contributed by atoms with Gasteiger partial charge in [-0.1, -0.05) is 11.2 Å².